The summed E-state index contributed by atoms with van der Waals surface area (Å²) in [5, 5.41) is 0. The number of hydrogen-bond acceptors (Lipinski definition) is 6. The Hall–Kier alpha value is -0.610. The average Bonchev–Trinajstić information content (AvgIpc) is 2.97. The van der Waals surface area contributed by atoms with Gasteiger partial charge in [0.1, 0.15) is 15.7 Å². The summed E-state index contributed by atoms with van der Waals surface area (Å²) < 4.78 is 44.1. The highest BCUT2D eigenvalue weighted by atomic mass is 31.2. The third-order valence-corrected chi connectivity index (χ3v) is 7.58. The third-order valence-electron chi connectivity index (χ3n) is 5.62. The van der Waals surface area contributed by atoms with Crippen LogP contribution in [-0.2, 0) is 23.3 Å². The molecule has 30 heavy (non-hydrogen) atoms. The van der Waals surface area contributed by atoms with Gasteiger partial charge in [-0.25, -0.2) is 9.24 Å². The molecule has 0 spiro atoms. The van der Waals surface area contributed by atoms with Crippen LogP contribution in [0.25, 0.3) is 0 Å². The average molecular weight is 443 g/mol. The smallest absolute Gasteiger partial charge is 0.382 e. The molecular formula is C17H36B2N5O5P. The summed E-state index contributed by atoms with van der Waals surface area (Å²) in [6.07, 6.45) is -0.313. The number of ether oxygens (including phenoxy) is 3. The number of rotatable bonds is 7. The Morgan fingerprint density at radius 3 is 2.20 bits per heavy atom. The first-order chi connectivity index (χ1) is 14.2. The molecule has 3 aliphatic heterocycles. The minimum absolute atomic E-state index is 0.0906. The topological polar surface area (TPSA) is 79.3 Å². The van der Waals surface area contributed by atoms with E-state index in [9.17, 15) is 4.57 Å². The first-order valence-electron chi connectivity index (χ1n) is 10.7. The van der Waals surface area contributed by atoms with Gasteiger partial charge in [0.05, 0.1) is 25.4 Å². The van der Waals surface area contributed by atoms with Crippen molar-refractivity contribution in [3.05, 3.63) is 0 Å². The molecule has 13 heteroatoms. The van der Waals surface area contributed by atoms with Crippen LogP contribution < -0.4 is 0 Å². The van der Waals surface area contributed by atoms with Crippen LogP contribution in [0.2, 0.25) is 0 Å². The maximum atomic E-state index is 14.2. The molecule has 3 aliphatic rings. The van der Waals surface area contributed by atoms with Crippen LogP contribution in [-0.4, -0.2) is 146 Å². The molecule has 2 unspecified atom stereocenters. The Labute approximate surface area is 182 Å². The Bertz CT molecular complexity index is 640. The Kier molecular flexibility index (Phi) is 8.28. The second-order valence-corrected chi connectivity index (χ2v) is 10.7. The lowest BCUT2D eigenvalue weighted by Gasteiger charge is -2.40. The van der Waals surface area contributed by atoms with E-state index in [0.717, 1.165) is 26.2 Å². The van der Waals surface area contributed by atoms with E-state index in [2.05, 4.69) is 11.9 Å². The lowest BCUT2D eigenvalue weighted by atomic mass is 9.98. The van der Waals surface area contributed by atoms with Crippen LogP contribution in [0.1, 0.15) is 0 Å². The molecule has 0 amide bonds. The van der Waals surface area contributed by atoms with E-state index in [1.807, 2.05) is 44.3 Å². The molecule has 0 aromatic heterocycles. The lowest BCUT2D eigenvalue weighted by Crippen LogP contribution is -2.49. The third kappa shape index (κ3) is 6.00. The minimum Gasteiger partial charge on any atom is -0.382 e. The van der Waals surface area contributed by atoms with Gasteiger partial charge < -0.3 is 28.9 Å². The zero-order chi connectivity index (χ0) is 21.9. The van der Waals surface area contributed by atoms with Crippen LogP contribution in [0, 0.1) is 0 Å². The van der Waals surface area contributed by atoms with E-state index in [-0.39, 0.29) is 30.8 Å². The molecule has 5 atom stereocenters. The summed E-state index contributed by atoms with van der Waals surface area (Å²) in [6.45, 7) is 4.91. The number of methoxy groups -OCH3 is 1. The summed E-state index contributed by atoms with van der Waals surface area (Å²) in [6, 6.07) is 0.0248. The molecule has 3 fully saturated rings. The van der Waals surface area contributed by atoms with Crippen LogP contribution in [0.3, 0.4) is 0 Å². The van der Waals surface area contributed by atoms with Crippen molar-refractivity contribution in [1.82, 2.24) is 19.4 Å². The van der Waals surface area contributed by atoms with Gasteiger partial charge >= 0.3 is 7.67 Å². The number of nitrogens with zero attached hydrogens (tertiary/aromatic N) is 5. The van der Waals surface area contributed by atoms with Crippen molar-refractivity contribution >= 4 is 29.3 Å². The predicted octanol–water partition coefficient (Wildman–Crippen LogP) is -2.06. The van der Waals surface area contributed by atoms with Gasteiger partial charge in [0, 0.05) is 72.5 Å². The fraction of sp³-hybridized carbons (Fsp3) is 0.941. The van der Waals surface area contributed by atoms with E-state index >= 15 is 0 Å². The molecule has 10 nitrogen and oxygen atoms in total. The van der Waals surface area contributed by atoms with E-state index in [1.165, 1.54) is 0 Å². The number of morpholine rings is 2. The Morgan fingerprint density at radius 1 is 1.00 bits per heavy atom. The number of hydrogen-bond donors (Lipinski definition) is 0. The number of likely N-dealkylation sites (N-methyl/N-ethyl adjacent to an activating group) is 3. The fourth-order valence-corrected chi connectivity index (χ4v) is 6.35. The molecule has 3 rings (SSSR count). The summed E-state index contributed by atoms with van der Waals surface area (Å²) >= 11 is 0. The molecule has 3 saturated heterocycles. The van der Waals surface area contributed by atoms with Crippen LogP contribution >= 0.6 is 7.67 Å². The Morgan fingerprint density at radius 2 is 1.60 bits per heavy atom. The second kappa shape index (κ2) is 10.3. The Balaban J connectivity index is 1.81. The summed E-state index contributed by atoms with van der Waals surface area (Å²) in [4.78, 5) is 6.24. The molecule has 170 valence electrons. The molecule has 0 aliphatic carbocycles. The second-order valence-electron chi connectivity index (χ2n) is 8.72. The molecule has 0 radical (unpaired) electrons. The van der Waals surface area contributed by atoms with E-state index in [0.29, 0.717) is 25.7 Å². The van der Waals surface area contributed by atoms with Gasteiger partial charge in [0.2, 0.25) is 5.96 Å². The quantitative estimate of drug-likeness (QED) is 0.326. The van der Waals surface area contributed by atoms with E-state index in [1.54, 1.807) is 7.11 Å². The molecule has 0 aromatic rings. The van der Waals surface area contributed by atoms with Gasteiger partial charge in [0.25, 0.3) is 0 Å². The van der Waals surface area contributed by atoms with Crippen molar-refractivity contribution < 1.29 is 23.3 Å². The van der Waals surface area contributed by atoms with Crippen molar-refractivity contribution in [2.45, 2.75) is 24.2 Å². The molecule has 0 saturated carbocycles. The predicted molar refractivity (Wildman–Crippen MR) is 122 cm³/mol. The largest absolute Gasteiger partial charge is 0.392 e. The van der Waals surface area contributed by atoms with Crippen molar-refractivity contribution in [3.8, 4) is 0 Å². The zero-order valence-electron chi connectivity index (χ0n) is 19.2. The van der Waals surface area contributed by atoms with Crippen LogP contribution in [0.5, 0.6) is 0 Å². The normalized spacial score (nSPS) is 33.7. The van der Waals surface area contributed by atoms with Gasteiger partial charge in [-0.15, -0.1) is 0 Å². The highest BCUT2D eigenvalue weighted by Gasteiger charge is 2.41. The fourth-order valence-electron chi connectivity index (χ4n) is 4.28. The van der Waals surface area contributed by atoms with Crippen molar-refractivity contribution in [2.75, 3.05) is 80.7 Å². The maximum Gasteiger partial charge on any atom is 0.392 e. The highest BCUT2D eigenvalue weighted by Crippen LogP contribution is 2.54. The van der Waals surface area contributed by atoms with Crippen molar-refractivity contribution in [2.24, 2.45) is 4.76 Å². The van der Waals surface area contributed by atoms with Gasteiger partial charge in [-0.05, 0) is 7.05 Å². The van der Waals surface area contributed by atoms with Crippen LogP contribution in [0.15, 0.2) is 4.76 Å². The van der Waals surface area contributed by atoms with Crippen LogP contribution in [0.4, 0.5) is 0 Å². The van der Waals surface area contributed by atoms with Gasteiger partial charge in [-0.1, -0.05) is 0 Å². The summed E-state index contributed by atoms with van der Waals surface area (Å²) in [5.74, 6) is 0.691. The molecular weight excluding hydrogens is 407 g/mol. The number of guanidine groups is 1. The van der Waals surface area contributed by atoms with Crippen molar-refractivity contribution in [3.63, 3.8) is 0 Å². The molecule has 0 N–H and O–H groups in total. The first-order valence-corrected chi connectivity index (χ1v) is 12.2. The standard InChI is InChI=1S/C17H36B2N5O5P/c1-21-7-13(28-15(18)9-21)12-27-30(25,20-17-22(2)5-6-23(17)3)24-8-14(11-26-4)29-16(19)10-24/h13-16H,5-12,18-19H2,1-4H3/t13?,14?,15-,16-,30-/m1/s1. The van der Waals surface area contributed by atoms with E-state index in [4.69, 9.17) is 23.5 Å². The van der Waals surface area contributed by atoms with Crippen molar-refractivity contribution in [1.29, 1.82) is 0 Å². The highest BCUT2D eigenvalue weighted by molar-refractivity contribution is 7.55. The molecule has 0 bridgehead atoms. The molecule has 0 aromatic carbocycles. The summed E-state index contributed by atoms with van der Waals surface area (Å²) in [7, 11) is 8.13. The monoisotopic (exact) mass is 443 g/mol. The zero-order valence-corrected chi connectivity index (χ0v) is 20.1. The minimum atomic E-state index is -3.52. The first kappa shape index (κ1) is 24.0. The van der Waals surface area contributed by atoms with Gasteiger partial charge in [0.15, 0.2) is 0 Å². The van der Waals surface area contributed by atoms with Gasteiger partial charge in [-0.3, -0.25) is 4.52 Å². The molecule has 3 heterocycles. The lowest BCUT2D eigenvalue weighted by molar-refractivity contribution is -0.0704. The SMILES string of the molecule is B[C@H]1CN(C)CC(CO[P@](=O)(N=C2N(C)CCN2C)N2CC(COC)O[C@@H](B)C2)O1. The maximum absolute atomic E-state index is 14.2. The van der Waals surface area contributed by atoms with E-state index < -0.39 is 7.67 Å². The van der Waals surface area contributed by atoms with Gasteiger partial charge in [-0.2, -0.15) is 4.76 Å². The summed E-state index contributed by atoms with van der Waals surface area (Å²) in [5.41, 5.74) is 0.